The maximum absolute atomic E-state index is 12.2. The van der Waals surface area contributed by atoms with Crippen LogP contribution in [0, 0.1) is 0 Å². The summed E-state index contributed by atoms with van der Waals surface area (Å²) in [7, 11) is 3.42. The Hall–Kier alpha value is -1.59. The van der Waals surface area contributed by atoms with Crippen molar-refractivity contribution in [2.45, 2.75) is 19.1 Å². The molecule has 0 bridgehead atoms. The molecule has 0 radical (unpaired) electrons. The number of hydrogen-bond acceptors (Lipinski definition) is 4. The zero-order chi connectivity index (χ0) is 14.5. The summed E-state index contributed by atoms with van der Waals surface area (Å²) >= 11 is 0. The number of carbonyl (C=O) groups is 1. The van der Waals surface area contributed by atoms with Crippen molar-refractivity contribution in [1.82, 2.24) is 9.80 Å². The molecule has 0 aromatic heterocycles. The Balaban J connectivity index is 1.90. The van der Waals surface area contributed by atoms with Crippen molar-refractivity contribution in [1.29, 1.82) is 0 Å². The first-order valence-corrected chi connectivity index (χ1v) is 6.86. The van der Waals surface area contributed by atoms with Gasteiger partial charge in [0.2, 0.25) is 5.91 Å². The average molecular weight is 278 g/mol. The molecule has 1 amide bonds. The second-order valence-electron chi connectivity index (χ2n) is 5.24. The van der Waals surface area contributed by atoms with E-state index in [-0.39, 0.29) is 12.0 Å². The Morgan fingerprint density at radius 3 is 2.90 bits per heavy atom. The van der Waals surface area contributed by atoms with E-state index >= 15 is 0 Å². The minimum absolute atomic E-state index is 0.0602. The molecule has 1 aliphatic heterocycles. The van der Waals surface area contributed by atoms with Gasteiger partial charge in [-0.15, -0.1) is 0 Å². The molecule has 1 fully saturated rings. The number of likely N-dealkylation sites (tertiary alicyclic amines) is 1. The third-order valence-corrected chi connectivity index (χ3v) is 3.63. The summed E-state index contributed by atoms with van der Waals surface area (Å²) in [6.07, 6.45) is 0.464. The third kappa shape index (κ3) is 3.71. The van der Waals surface area contributed by atoms with Gasteiger partial charge in [0.15, 0.2) is 0 Å². The highest BCUT2D eigenvalue weighted by molar-refractivity contribution is 5.78. The first-order chi connectivity index (χ1) is 9.60. The zero-order valence-electron chi connectivity index (χ0n) is 12.1. The van der Waals surface area contributed by atoms with E-state index in [0.29, 0.717) is 19.6 Å². The topological polar surface area (TPSA) is 53.0 Å². The molecule has 0 spiro atoms. The van der Waals surface area contributed by atoms with Gasteiger partial charge in [0.05, 0.1) is 19.8 Å². The van der Waals surface area contributed by atoms with Gasteiger partial charge >= 0.3 is 0 Å². The Morgan fingerprint density at radius 2 is 2.25 bits per heavy atom. The van der Waals surface area contributed by atoms with E-state index in [1.54, 1.807) is 19.1 Å². The first kappa shape index (κ1) is 14.8. The van der Waals surface area contributed by atoms with Crippen molar-refractivity contribution < 1.29 is 14.6 Å². The number of ether oxygens (including phenoxy) is 1. The molecule has 1 aliphatic rings. The van der Waals surface area contributed by atoms with Gasteiger partial charge < -0.3 is 14.7 Å². The fourth-order valence-corrected chi connectivity index (χ4v) is 2.45. The van der Waals surface area contributed by atoms with E-state index < -0.39 is 0 Å². The lowest BCUT2D eigenvalue weighted by Gasteiger charge is -2.22. The quantitative estimate of drug-likeness (QED) is 0.862. The summed E-state index contributed by atoms with van der Waals surface area (Å²) in [5.74, 6) is 0.855. The number of aliphatic hydroxyl groups excluding tert-OH is 1. The zero-order valence-corrected chi connectivity index (χ0v) is 12.1. The van der Waals surface area contributed by atoms with E-state index in [1.807, 2.05) is 29.2 Å². The number of aliphatic hydroxyl groups is 1. The number of likely N-dealkylation sites (N-methyl/N-ethyl adjacent to an activating group) is 1. The summed E-state index contributed by atoms with van der Waals surface area (Å²) in [6, 6.07) is 7.70. The van der Waals surface area contributed by atoms with Gasteiger partial charge in [0.25, 0.3) is 0 Å². The second-order valence-corrected chi connectivity index (χ2v) is 5.24. The maximum atomic E-state index is 12.2. The average Bonchev–Trinajstić information content (AvgIpc) is 2.84. The fraction of sp³-hybridized carbons (Fsp3) is 0.533. The van der Waals surface area contributed by atoms with Gasteiger partial charge in [-0.1, -0.05) is 18.2 Å². The molecule has 1 aromatic carbocycles. The maximum Gasteiger partial charge on any atom is 0.236 e. The van der Waals surface area contributed by atoms with E-state index in [0.717, 1.165) is 24.3 Å². The molecule has 110 valence electrons. The number of amides is 1. The monoisotopic (exact) mass is 278 g/mol. The van der Waals surface area contributed by atoms with E-state index in [2.05, 4.69) is 0 Å². The van der Waals surface area contributed by atoms with Crippen LogP contribution in [-0.2, 0) is 11.3 Å². The molecular weight excluding hydrogens is 256 g/mol. The Bertz CT molecular complexity index is 464. The lowest BCUT2D eigenvalue weighted by Crippen LogP contribution is -2.37. The molecule has 0 unspecified atom stereocenters. The van der Waals surface area contributed by atoms with Gasteiger partial charge in [-0.3, -0.25) is 9.69 Å². The summed E-state index contributed by atoms with van der Waals surface area (Å²) in [6.45, 7) is 2.27. The van der Waals surface area contributed by atoms with Crippen LogP contribution in [0.5, 0.6) is 5.75 Å². The molecule has 0 saturated carbocycles. The molecule has 1 N–H and O–H groups in total. The molecule has 1 atom stereocenters. The molecule has 20 heavy (non-hydrogen) atoms. The number of β-amino-alcohol motifs (C(OH)–C–C–N with tert-alkyl or cyclic N) is 1. The Kier molecular flexibility index (Phi) is 4.98. The minimum atomic E-state index is -0.290. The molecule has 5 heteroatoms. The van der Waals surface area contributed by atoms with Crippen LogP contribution < -0.4 is 4.74 Å². The normalized spacial score (nSPS) is 19.1. The molecule has 2 rings (SSSR count). The minimum Gasteiger partial charge on any atom is -0.496 e. The Morgan fingerprint density at radius 1 is 1.50 bits per heavy atom. The van der Waals surface area contributed by atoms with Crippen molar-refractivity contribution in [3.8, 4) is 5.75 Å². The fourth-order valence-electron chi connectivity index (χ4n) is 2.45. The van der Waals surface area contributed by atoms with E-state index in [1.165, 1.54) is 0 Å². The second kappa shape index (κ2) is 6.72. The molecule has 1 saturated heterocycles. The summed E-state index contributed by atoms with van der Waals surface area (Å²) in [4.78, 5) is 15.9. The number of carbonyl (C=O) groups excluding carboxylic acids is 1. The molecule has 0 aliphatic carbocycles. The van der Waals surface area contributed by atoms with Crippen molar-refractivity contribution in [3.05, 3.63) is 29.8 Å². The molecular formula is C15H22N2O3. The number of hydrogen-bond donors (Lipinski definition) is 1. The summed E-state index contributed by atoms with van der Waals surface area (Å²) in [5.41, 5.74) is 0.993. The summed E-state index contributed by atoms with van der Waals surface area (Å²) < 4.78 is 5.29. The van der Waals surface area contributed by atoms with Crippen LogP contribution in [0.25, 0.3) is 0 Å². The lowest BCUT2D eigenvalue weighted by molar-refractivity contribution is -0.131. The Labute approximate surface area is 119 Å². The standard InChI is InChI=1S/C15H22N2O3/c1-16(9-12-5-3-4-6-14(12)20-2)15(19)11-17-8-7-13(18)10-17/h3-6,13,18H,7-11H2,1-2H3/t13-/m0/s1. The van der Waals surface area contributed by atoms with Crippen molar-refractivity contribution in [3.63, 3.8) is 0 Å². The molecule has 1 heterocycles. The van der Waals surface area contributed by atoms with Crippen LogP contribution >= 0.6 is 0 Å². The third-order valence-electron chi connectivity index (χ3n) is 3.63. The number of para-hydroxylation sites is 1. The number of methoxy groups -OCH3 is 1. The number of nitrogens with zero attached hydrogens (tertiary/aromatic N) is 2. The van der Waals surface area contributed by atoms with Gasteiger partial charge in [-0.25, -0.2) is 0 Å². The van der Waals surface area contributed by atoms with Gasteiger partial charge in [-0.2, -0.15) is 0 Å². The van der Waals surface area contributed by atoms with Crippen LogP contribution in [0.3, 0.4) is 0 Å². The van der Waals surface area contributed by atoms with Crippen LogP contribution in [0.1, 0.15) is 12.0 Å². The van der Waals surface area contributed by atoms with E-state index in [4.69, 9.17) is 4.74 Å². The van der Waals surface area contributed by atoms with Crippen LogP contribution in [-0.4, -0.2) is 60.7 Å². The SMILES string of the molecule is COc1ccccc1CN(C)C(=O)CN1CC[C@H](O)C1. The van der Waals surface area contributed by atoms with Gasteiger partial charge in [-0.05, 0) is 12.5 Å². The highest BCUT2D eigenvalue weighted by Crippen LogP contribution is 2.19. The first-order valence-electron chi connectivity index (χ1n) is 6.86. The predicted molar refractivity (Wildman–Crippen MR) is 76.5 cm³/mol. The van der Waals surface area contributed by atoms with Crippen LogP contribution in [0.2, 0.25) is 0 Å². The van der Waals surface area contributed by atoms with E-state index in [9.17, 15) is 9.90 Å². The van der Waals surface area contributed by atoms with Crippen LogP contribution in [0.15, 0.2) is 24.3 Å². The molecule has 1 aromatic rings. The highest BCUT2D eigenvalue weighted by atomic mass is 16.5. The van der Waals surface area contributed by atoms with Crippen molar-refractivity contribution >= 4 is 5.91 Å². The van der Waals surface area contributed by atoms with Gasteiger partial charge in [0.1, 0.15) is 5.75 Å². The lowest BCUT2D eigenvalue weighted by atomic mass is 10.2. The number of rotatable bonds is 5. The van der Waals surface area contributed by atoms with Crippen molar-refractivity contribution in [2.75, 3.05) is 33.8 Å². The molecule has 5 nitrogen and oxygen atoms in total. The predicted octanol–water partition coefficient (Wildman–Crippen LogP) is 0.720. The van der Waals surface area contributed by atoms with Crippen molar-refractivity contribution in [2.24, 2.45) is 0 Å². The smallest absolute Gasteiger partial charge is 0.236 e. The number of benzene rings is 1. The van der Waals surface area contributed by atoms with Crippen LogP contribution in [0.4, 0.5) is 0 Å². The largest absolute Gasteiger partial charge is 0.496 e. The summed E-state index contributed by atoms with van der Waals surface area (Å²) in [5, 5.41) is 9.47. The highest BCUT2D eigenvalue weighted by Gasteiger charge is 2.23. The van der Waals surface area contributed by atoms with Gasteiger partial charge in [0, 0.05) is 32.2 Å².